The molecule has 2 N–H and O–H groups in total. The molecule has 2 unspecified atom stereocenters. The molecule has 0 radical (unpaired) electrons. The highest BCUT2D eigenvalue weighted by Crippen LogP contribution is 2.26. The highest BCUT2D eigenvalue weighted by Gasteiger charge is 2.20. The number of thiophene rings is 1. The predicted molar refractivity (Wildman–Crippen MR) is 90.9 cm³/mol. The monoisotopic (exact) mass is 334 g/mol. The summed E-state index contributed by atoms with van der Waals surface area (Å²) >= 11 is 1.63. The Kier molecular flexibility index (Phi) is 4.97. The Bertz CT molecular complexity index is 647. The Morgan fingerprint density at radius 1 is 1.57 bits per heavy atom. The average Bonchev–Trinajstić information content (AvgIpc) is 3.19. The Morgan fingerprint density at radius 3 is 3.13 bits per heavy atom. The van der Waals surface area contributed by atoms with Gasteiger partial charge in [0, 0.05) is 30.5 Å². The van der Waals surface area contributed by atoms with Crippen molar-refractivity contribution in [1.29, 1.82) is 0 Å². The molecule has 3 heterocycles. The third kappa shape index (κ3) is 3.92. The molecule has 1 aliphatic heterocycles. The molecule has 2 aromatic rings. The molecule has 2 atom stereocenters. The highest BCUT2D eigenvalue weighted by molar-refractivity contribution is 7.10. The molecule has 7 heteroatoms. The van der Waals surface area contributed by atoms with Crippen molar-refractivity contribution < 1.29 is 9.53 Å². The first-order valence-corrected chi connectivity index (χ1v) is 8.74. The summed E-state index contributed by atoms with van der Waals surface area (Å²) in [7, 11) is 1.84. The number of hydrogen-bond acceptors (Lipinski definition) is 4. The third-order valence-electron chi connectivity index (χ3n) is 4.04. The molecule has 23 heavy (non-hydrogen) atoms. The van der Waals surface area contributed by atoms with E-state index in [1.807, 2.05) is 37.6 Å². The molecule has 0 spiro atoms. The standard InChI is InChI=1S/C16H22N4O2S/c1-11(14-6-4-8-23-14)17-16(21)18-15-9-13(19-20(15)2)12-5-3-7-22-10-12/h4,6,8-9,11-12H,3,5,7,10H2,1-2H3,(H2,17,18,21). The molecule has 1 saturated heterocycles. The minimum absolute atomic E-state index is 0.0190. The van der Waals surface area contributed by atoms with Gasteiger partial charge in [-0.25, -0.2) is 4.79 Å². The van der Waals surface area contributed by atoms with Gasteiger partial charge in [-0.15, -0.1) is 11.3 Å². The molecule has 0 bridgehead atoms. The Balaban J connectivity index is 1.61. The summed E-state index contributed by atoms with van der Waals surface area (Å²) in [6, 6.07) is 5.69. The van der Waals surface area contributed by atoms with E-state index in [0.717, 1.165) is 30.0 Å². The number of nitrogens with one attached hydrogen (secondary N) is 2. The van der Waals surface area contributed by atoms with Gasteiger partial charge in [0.1, 0.15) is 5.82 Å². The maximum atomic E-state index is 12.2. The number of aryl methyl sites for hydroxylation is 1. The lowest BCUT2D eigenvalue weighted by Gasteiger charge is -2.19. The van der Waals surface area contributed by atoms with Crippen molar-refractivity contribution in [2.75, 3.05) is 18.5 Å². The van der Waals surface area contributed by atoms with Crippen LogP contribution in [0.25, 0.3) is 0 Å². The van der Waals surface area contributed by atoms with Gasteiger partial charge in [0.05, 0.1) is 18.3 Å². The van der Waals surface area contributed by atoms with E-state index in [4.69, 9.17) is 4.74 Å². The molecule has 0 saturated carbocycles. The van der Waals surface area contributed by atoms with Crippen LogP contribution in [0.5, 0.6) is 0 Å². The second kappa shape index (κ2) is 7.14. The van der Waals surface area contributed by atoms with E-state index in [0.29, 0.717) is 18.3 Å². The van der Waals surface area contributed by atoms with Gasteiger partial charge in [0.15, 0.2) is 0 Å². The number of rotatable bonds is 4. The lowest BCUT2D eigenvalue weighted by atomic mass is 9.99. The van der Waals surface area contributed by atoms with E-state index in [9.17, 15) is 4.79 Å². The first kappa shape index (κ1) is 16.0. The number of ether oxygens (including phenoxy) is 1. The topological polar surface area (TPSA) is 68.2 Å². The Morgan fingerprint density at radius 2 is 2.43 bits per heavy atom. The fourth-order valence-corrected chi connectivity index (χ4v) is 3.47. The van der Waals surface area contributed by atoms with Gasteiger partial charge in [-0.05, 0) is 31.2 Å². The highest BCUT2D eigenvalue weighted by atomic mass is 32.1. The van der Waals surface area contributed by atoms with Gasteiger partial charge in [0.25, 0.3) is 0 Å². The number of amides is 2. The van der Waals surface area contributed by atoms with Crippen LogP contribution in [0.3, 0.4) is 0 Å². The molecule has 2 aromatic heterocycles. The van der Waals surface area contributed by atoms with E-state index in [2.05, 4.69) is 15.7 Å². The first-order chi connectivity index (χ1) is 11.1. The summed E-state index contributed by atoms with van der Waals surface area (Å²) in [5, 5.41) is 12.3. The second-order valence-corrected chi connectivity index (χ2v) is 6.81. The molecule has 6 nitrogen and oxygen atoms in total. The summed E-state index contributed by atoms with van der Waals surface area (Å²) in [6.07, 6.45) is 2.14. The van der Waals surface area contributed by atoms with Crippen molar-refractivity contribution in [3.8, 4) is 0 Å². The second-order valence-electron chi connectivity index (χ2n) is 5.83. The van der Waals surface area contributed by atoms with Crippen LogP contribution in [-0.2, 0) is 11.8 Å². The van der Waals surface area contributed by atoms with Crippen LogP contribution in [0, 0.1) is 0 Å². The molecule has 1 aliphatic rings. The molecule has 3 rings (SSSR count). The normalized spacial score (nSPS) is 19.3. The lowest BCUT2D eigenvalue weighted by molar-refractivity contribution is 0.0791. The van der Waals surface area contributed by atoms with Gasteiger partial charge in [-0.2, -0.15) is 5.10 Å². The summed E-state index contributed by atoms with van der Waals surface area (Å²) in [4.78, 5) is 13.3. The zero-order valence-corrected chi connectivity index (χ0v) is 14.2. The summed E-state index contributed by atoms with van der Waals surface area (Å²) in [5.74, 6) is 1.01. The zero-order chi connectivity index (χ0) is 16.2. The number of anilines is 1. The predicted octanol–water partition coefficient (Wildman–Crippen LogP) is 3.26. The molecule has 1 fully saturated rings. The van der Waals surface area contributed by atoms with Gasteiger partial charge in [-0.1, -0.05) is 6.07 Å². The van der Waals surface area contributed by atoms with E-state index >= 15 is 0 Å². The summed E-state index contributed by atoms with van der Waals surface area (Å²) in [5.41, 5.74) is 0.980. The minimum atomic E-state index is -0.222. The number of nitrogens with zero attached hydrogens (tertiary/aromatic N) is 2. The number of aromatic nitrogens is 2. The van der Waals surface area contributed by atoms with Crippen molar-refractivity contribution in [1.82, 2.24) is 15.1 Å². The maximum Gasteiger partial charge on any atom is 0.320 e. The fraction of sp³-hybridized carbons (Fsp3) is 0.500. The minimum Gasteiger partial charge on any atom is -0.381 e. The Labute approximate surface area is 139 Å². The summed E-state index contributed by atoms with van der Waals surface area (Å²) < 4.78 is 7.22. The van der Waals surface area contributed by atoms with Gasteiger partial charge in [0.2, 0.25) is 0 Å². The third-order valence-corrected chi connectivity index (χ3v) is 5.09. The van der Waals surface area contributed by atoms with Gasteiger partial charge < -0.3 is 10.1 Å². The quantitative estimate of drug-likeness (QED) is 0.902. The van der Waals surface area contributed by atoms with Crippen LogP contribution in [-0.4, -0.2) is 29.0 Å². The lowest BCUT2D eigenvalue weighted by Crippen LogP contribution is -2.31. The number of urea groups is 1. The van der Waals surface area contributed by atoms with Crippen molar-refractivity contribution in [2.45, 2.75) is 31.7 Å². The number of carbonyl (C=O) groups excluding carboxylic acids is 1. The van der Waals surface area contributed by atoms with E-state index in [-0.39, 0.29) is 12.1 Å². The SMILES string of the molecule is CC(NC(=O)Nc1cc(C2CCCOC2)nn1C)c1cccs1. The van der Waals surface area contributed by atoms with Crippen LogP contribution >= 0.6 is 11.3 Å². The van der Waals surface area contributed by atoms with Crippen LogP contribution in [0.15, 0.2) is 23.6 Å². The van der Waals surface area contributed by atoms with E-state index in [1.165, 1.54) is 0 Å². The van der Waals surface area contributed by atoms with Crippen LogP contribution in [0.1, 0.15) is 42.3 Å². The van der Waals surface area contributed by atoms with Crippen LogP contribution in [0.2, 0.25) is 0 Å². The smallest absolute Gasteiger partial charge is 0.320 e. The van der Waals surface area contributed by atoms with Crippen LogP contribution in [0.4, 0.5) is 10.6 Å². The number of carbonyl (C=O) groups is 1. The van der Waals surface area contributed by atoms with Crippen LogP contribution < -0.4 is 10.6 Å². The molecule has 0 aliphatic carbocycles. The molecule has 124 valence electrons. The summed E-state index contributed by atoms with van der Waals surface area (Å²) in [6.45, 7) is 3.51. The largest absolute Gasteiger partial charge is 0.381 e. The first-order valence-electron chi connectivity index (χ1n) is 7.86. The van der Waals surface area contributed by atoms with E-state index < -0.39 is 0 Å². The zero-order valence-electron chi connectivity index (χ0n) is 13.4. The molecule has 0 aromatic carbocycles. The van der Waals surface area contributed by atoms with Crippen molar-refractivity contribution >= 4 is 23.2 Å². The maximum absolute atomic E-state index is 12.2. The van der Waals surface area contributed by atoms with E-state index in [1.54, 1.807) is 16.0 Å². The average molecular weight is 334 g/mol. The Hall–Kier alpha value is -1.86. The van der Waals surface area contributed by atoms with Crippen molar-refractivity contribution in [3.05, 3.63) is 34.2 Å². The van der Waals surface area contributed by atoms with Gasteiger partial charge in [-0.3, -0.25) is 10.00 Å². The van der Waals surface area contributed by atoms with Crippen molar-refractivity contribution in [2.24, 2.45) is 7.05 Å². The number of hydrogen-bond donors (Lipinski definition) is 2. The van der Waals surface area contributed by atoms with Crippen molar-refractivity contribution in [3.63, 3.8) is 0 Å². The molecular formula is C16H22N4O2S. The molecule has 2 amide bonds. The fourth-order valence-electron chi connectivity index (χ4n) is 2.74. The van der Waals surface area contributed by atoms with Gasteiger partial charge >= 0.3 is 6.03 Å². The molecular weight excluding hydrogens is 312 g/mol.